The summed E-state index contributed by atoms with van der Waals surface area (Å²) in [6.07, 6.45) is 0.00126. The van der Waals surface area contributed by atoms with Crippen LogP contribution in [0.25, 0.3) is 19.5 Å². The molecule has 8 aromatic rings. The van der Waals surface area contributed by atoms with Crippen LogP contribution in [0.2, 0.25) is 0 Å². The zero-order valence-corrected chi connectivity index (χ0v) is 39.2. The van der Waals surface area contributed by atoms with Gasteiger partial charge in [0.05, 0.1) is 62.8 Å². The number of rotatable bonds is 9. The number of thiophene rings is 4. The van der Waals surface area contributed by atoms with E-state index in [2.05, 4.69) is 0 Å². The standard InChI is InChI=1S/C25H15F3N2O4S2.C25H17F3N2O2S2/c26-17-2-1-3-18(27)16(17)12-21(31)22-10-13-6-8-29(20-7-9-35-24(20)23(13)36-22)25(32)15-5-4-14(30(33)34)11-19(15)28;26-17-2-1-3-18(27)16(17)12-21(31)22-10-13-6-8-30(20-7-9-33-24(20)23(13)34-22)25(32)15-5-4-14(29)11-19(15)28/h1-5,7,9-11H,6,8,12H2;1-5,7,9-11H,6,8,12,29H2. The Bertz CT molecular complexity index is 3400. The SMILES string of the molecule is Nc1ccc(C(=O)N2CCc3cc(C(=O)Cc4c(F)cccc4F)sc3-c3sccc32)c(F)c1.O=C(Cc1c(F)cccc1F)c1cc2c(s1)-c1sccc1N(C(=O)c1ccc([N+](=O)[O-])cc1F)CC2. The predicted molar refractivity (Wildman–Crippen MR) is 259 cm³/mol. The molecular weight excluding hydrogens is 995 g/mol. The molecule has 354 valence electrons. The van der Waals surface area contributed by atoms with Crippen LogP contribution >= 0.6 is 45.3 Å². The topological polar surface area (TPSA) is 144 Å². The quantitative estimate of drug-likeness (QED) is 0.0498. The molecule has 70 heavy (non-hydrogen) atoms. The van der Waals surface area contributed by atoms with E-state index in [1.807, 2.05) is 5.38 Å². The van der Waals surface area contributed by atoms with Gasteiger partial charge in [0.15, 0.2) is 11.6 Å². The van der Waals surface area contributed by atoms with Gasteiger partial charge in [-0.2, -0.15) is 0 Å². The summed E-state index contributed by atoms with van der Waals surface area (Å²) >= 11 is 5.17. The third-order valence-electron chi connectivity index (χ3n) is 11.6. The van der Waals surface area contributed by atoms with Gasteiger partial charge in [-0.05, 0) is 108 Å². The van der Waals surface area contributed by atoms with Gasteiger partial charge in [0.1, 0.15) is 34.9 Å². The number of nitro benzene ring substituents is 1. The molecule has 0 saturated heterocycles. The van der Waals surface area contributed by atoms with Crippen molar-refractivity contribution in [1.82, 2.24) is 0 Å². The number of hydrogen-bond acceptors (Lipinski definition) is 11. The maximum atomic E-state index is 14.6. The molecule has 10 rings (SSSR count). The lowest BCUT2D eigenvalue weighted by molar-refractivity contribution is -0.385. The summed E-state index contributed by atoms with van der Waals surface area (Å²) in [5.74, 6) is -6.65. The highest BCUT2D eigenvalue weighted by atomic mass is 32.1. The van der Waals surface area contributed by atoms with Gasteiger partial charge >= 0.3 is 0 Å². The summed E-state index contributed by atoms with van der Waals surface area (Å²) in [4.78, 5) is 69.1. The lowest BCUT2D eigenvalue weighted by Gasteiger charge is -2.21. The Labute approximate surface area is 409 Å². The Hall–Kier alpha value is -7.26. The van der Waals surface area contributed by atoms with Crippen molar-refractivity contribution in [2.45, 2.75) is 25.7 Å². The van der Waals surface area contributed by atoms with Gasteiger partial charge in [-0.3, -0.25) is 29.3 Å². The number of amides is 2. The predicted octanol–water partition coefficient (Wildman–Crippen LogP) is 12.5. The van der Waals surface area contributed by atoms with Crippen molar-refractivity contribution in [2.75, 3.05) is 28.6 Å². The second-order valence-corrected chi connectivity index (χ2v) is 19.8. The van der Waals surface area contributed by atoms with Crippen LogP contribution < -0.4 is 15.5 Å². The molecule has 0 radical (unpaired) electrons. The van der Waals surface area contributed by atoms with E-state index in [1.54, 1.807) is 29.6 Å². The highest BCUT2D eigenvalue weighted by Gasteiger charge is 2.32. The van der Waals surface area contributed by atoms with Gasteiger partial charge in [-0.1, -0.05) is 12.1 Å². The molecule has 10 nitrogen and oxygen atoms in total. The number of nitrogen functional groups attached to an aromatic ring is 1. The van der Waals surface area contributed by atoms with Gasteiger partial charge in [-0.15, -0.1) is 45.3 Å². The van der Waals surface area contributed by atoms with E-state index in [9.17, 15) is 55.6 Å². The monoisotopic (exact) mass is 1030 g/mol. The number of non-ortho nitro benzene ring substituents is 1. The molecule has 0 spiro atoms. The number of benzene rings is 4. The number of fused-ring (bicyclic) bond motifs is 6. The van der Waals surface area contributed by atoms with Crippen LogP contribution in [0.1, 0.15) is 62.3 Å². The molecule has 0 aliphatic carbocycles. The maximum Gasteiger partial charge on any atom is 0.272 e. The highest BCUT2D eigenvalue weighted by molar-refractivity contribution is 7.23. The summed E-state index contributed by atoms with van der Waals surface area (Å²) in [5.41, 5.74) is 7.30. The average Bonchev–Trinajstić information content (AvgIpc) is 4.15. The molecule has 0 unspecified atom stereocenters. The van der Waals surface area contributed by atoms with Crippen LogP contribution in [0, 0.1) is 45.0 Å². The Morgan fingerprint density at radius 3 is 1.40 bits per heavy atom. The molecule has 2 aliphatic heterocycles. The molecular formula is C50H32F6N4O6S4. The number of carbonyl (C=O) groups is 4. The fraction of sp³-hybridized carbons (Fsp3) is 0.120. The Kier molecular flexibility index (Phi) is 13.4. The van der Waals surface area contributed by atoms with E-state index in [1.165, 1.54) is 79.4 Å². The summed E-state index contributed by atoms with van der Waals surface area (Å²) in [6.45, 7) is 0.462. The van der Waals surface area contributed by atoms with Crippen LogP contribution in [0.4, 0.5) is 49.1 Å². The fourth-order valence-electron chi connectivity index (χ4n) is 8.07. The Morgan fingerprint density at radius 1 is 0.557 bits per heavy atom. The van der Waals surface area contributed by atoms with Gasteiger partial charge in [0, 0.05) is 48.8 Å². The van der Waals surface area contributed by atoms with Crippen molar-refractivity contribution in [1.29, 1.82) is 0 Å². The van der Waals surface area contributed by atoms with Gasteiger partial charge in [0.25, 0.3) is 17.5 Å². The first-order chi connectivity index (χ1) is 33.6. The smallest absolute Gasteiger partial charge is 0.272 e. The summed E-state index contributed by atoms with van der Waals surface area (Å²) < 4.78 is 85.1. The molecule has 0 atom stereocenters. The average molecular weight is 1030 g/mol. The number of nitrogens with two attached hydrogens (primary N) is 1. The first kappa shape index (κ1) is 47.8. The van der Waals surface area contributed by atoms with Crippen molar-refractivity contribution in [2.24, 2.45) is 0 Å². The third-order valence-corrected chi connectivity index (χ3v) is 16.1. The first-order valence-corrected chi connectivity index (χ1v) is 24.4. The van der Waals surface area contributed by atoms with E-state index >= 15 is 0 Å². The summed E-state index contributed by atoms with van der Waals surface area (Å²) in [6, 6.07) is 20.7. The Balaban J connectivity index is 0.000000174. The molecule has 2 N–H and O–H groups in total. The van der Waals surface area contributed by atoms with Gasteiger partial charge in [0.2, 0.25) is 0 Å². The molecule has 0 saturated carbocycles. The minimum absolute atomic E-state index is 0.0700. The molecule has 20 heteroatoms. The fourth-order valence-corrected chi connectivity index (χ4v) is 12.5. The van der Waals surface area contributed by atoms with E-state index in [0.29, 0.717) is 44.9 Å². The second-order valence-electron chi connectivity index (χ2n) is 15.9. The number of hydrogen-bond donors (Lipinski definition) is 1. The number of carbonyl (C=O) groups excluding carboxylic acids is 4. The number of nitrogens with zero attached hydrogens (tertiary/aromatic N) is 3. The largest absolute Gasteiger partial charge is 0.399 e. The van der Waals surface area contributed by atoms with Crippen LogP contribution in [0.5, 0.6) is 0 Å². The number of halogens is 6. The van der Waals surface area contributed by atoms with Crippen molar-refractivity contribution in [3.05, 3.63) is 196 Å². The molecule has 0 bridgehead atoms. The van der Waals surface area contributed by atoms with Crippen molar-refractivity contribution in [3.63, 3.8) is 0 Å². The van der Waals surface area contributed by atoms with Crippen LogP contribution in [-0.2, 0) is 25.7 Å². The zero-order valence-electron chi connectivity index (χ0n) is 35.9. The highest BCUT2D eigenvalue weighted by Crippen LogP contribution is 2.47. The van der Waals surface area contributed by atoms with Gasteiger partial charge in [-0.25, -0.2) is 26.3 Å². The first-order valence-electron chi connectivity index (χ1n) is 21.0. The number of anilines is 3. The van der Waals surface area contributed by atoms with E-state index < -0.39 is 69.5 Å². The number of Topliss-reactive ketones (excluding diaryl/α,β-unsaturated/α-hetero) is 2. The second kappa shape index (κ2) is 19.6. The molecule has 6 heterocycles. The molecule has 4 aromatic heterocycles. The normalized spacial score (nSPS) is 12.7. The maximum absolute atomic E-state index is 14.6. The van der Waals surface area contributed by atoms with Crippen LogP contribution in [0.15, 0.2) is 108 Å². The third kappa shape index (κ3) is 9.29. The molecule has 2 amide bonds. The molecule has 4 aromatic carbocycles. The van der Waals surface area contributed by atoms with Crippen molar-refractivity contribution < 1.29 is 50.4 Å². The van der Waals surface area contributed by atoms with E-state index in [-0.39, 0.29) is 53.2 Å². The minimum atomic E-state index is -0.988. The number of nitro groups is 1. The van der Waals surface area contributed by atoms with E-state index in [0.717, 1.165) is 68.2 Å². The molecule has 0 fully saturated rings. The van der Waals surface area contributed by atoms with Crippen LogP contribution in [-0.4, -0.2) is 41.4 Å². The zero-order chi connectivity index (χ0) is 49.5. The lowest BCUT2D eigenvalue weighted by atomic mass is 10.1. The summed E-state index contributed by atoms with van der Waals surface area (Å²) in [5, 5.41) is 14.5. The van der Waals surface area contributed by atoms with Gasteiger partial charge < -0.3 is 15.5 Å². The molecule has 2 aliphatic rings. The Morgan fingerprint density at radius 2 is 0.986 bits per heavy atom. The summed E-state index contributed by atoms with van der Waals surface area (Å²) in [7, 11) is 0. The van der Waals surface area contributed by atoms with Crippen molar-refractivity contribution >= 4 is 91.5 Å². The van der Waals surface area contributed by atoms with E-state index in [4.69, 9.17) is 5.73 Å². The number of ketones is 2. The van der Waals surface area contributed by atoms with Crippen LogP contribution in [0.3, 0.4) is 0 Å². The lowest BCUT2D eigenvalue weighted by Crippen LogP contribution is -2.32. The van der Waals surface area contributed by atoms with Crippen molar-refractivity contribution in [3.8, 4) is 19.5 Å². The minimum Gasteiger partial charge on any atom is -0.399 e.